The summed E-state index contributed by atoms with van der Waals surface area (Å²) in [6.45, 7) is 7.75. The highest BCUT2D eigenvalue weighted by Crippen LogP contribution is 2.31. The highest BCUT2D eigenvalue weighted by molar-refractivity contribution is 5.86. The monoisotopic (exact) mass is 457 g/mol. The lowest BCUT2D eigenvalue weighted by atomic mass is 9.98. The summed E-state index contributed by atoms with van der Waals surface area (Å²) in [5, 5.41) is 2.13. The van der Waals surface area contributed by atoms with Crippen LogP contribution in [0, 0.1) is 0 Å². The number of nitrogens with zero attached hydrogens (tertiary/aromatic N) is 1. The molecule has 0 fully saturated rings. The van der Waals surface area contributed by atoms with E-state index in [4.69, 9.17) is 4.74 Å². The summed E-state index contributed by atoms with van der Waals surface area (Å²) in [7, 11) is 0. The van der Waals surface area contributed by atoms with E-state index < -0.39 is 23.4 Å². The zero-order valence-electron chi connectivity index (χ0n) is 19.4. The molecule has 0 saturated heterocycles. The Hall–Kier alpha value is -3.02. The number of carbonyl (C=O) groups excluding carboxylic acids is 1. The number of benzene rings is 3. The molecule has 0 heterocycles. The molecule has 0 aliphatic rings. The van der Waals surface area contributed by atoms with Gasteiger partial charge >= 0.3 is 12.3 Å². The van der Waals surface area contributed by atoms with Gasteiger partial charge in [-0.05, 0) is 68.5 Å². The van der Waals surface area contributed by atoms with Gasteiger partial charge in [0.15, 0.2) is 0 Å². The number of aryl methyl sites for hydroxylation is 1. The molecule has 3 aromatic rings. The van der Waals surface area contributed by atoms with Crippen LogP contribution in [0.1, 0.15) is 56.8 Å². The minimum Gasteiger partial charge on any atom is -0.444 e. The number of rotatable bonds is 6. The van der Waals surface area contributed by atoms with Gasteiger partial charge < -0.3 is 9.64 Å². The predicted molar refractivity (Wildman–Crippen MR) is 125 cm³/mol. The lowest BCUT2D eigenvalue weighted by Crippen LogP contribution is -2.39. The van der Waals surface area contributed by atoms with E-state index in [0.29, 0.717) is 24.9 Å². The third-order valence-electron chi connectivity index (χ3n) is 5.49. The summed E-state index contributed by atoms with van der Waals surface area (Å²) in [5.41, 5.74) is 0.271. The Kier molecular flexibility index (Phi) is 7.35. The van der Waals surface area contributed by atoms with E-state index in [2.05, 4.69) is 0 Å². The van der Waals surface area contributed by atoms with Crippen LogP contribution in [-0.2, 0) is 17.3 Å². The number of halogens is 3. The van der Waals surface area contributed by atoms with Gasteiger partial charge in [0.05, 0.1) is 11.6 Å². The highest BCUT2D eigenvalue weighted by Gasteiger charge is 2.30. The average molecular weight is 458 g/mol. The first kappa shape index (κ1) is 24.6. The molecule has 0 saturated carbocycles. The molecule has 176 valence electrons. The zero-order chi connectivity index (χ0) is 24.2. The molecular weight excluding hydrogens is 427 g/mol. The summed E-state index contributed by atoms with van der Waals surface area (Å²) >= 11 is 0. The van der Waals surface area contributed by atoms with Crippen molar-refractivity contribution in [1.82, 2.24) is 4.90 Å². The van der Waals surface area contributed by atoms with E-state index in [1.54, 1.807) is 11.0 Å². The van der Waals surface area contributed by atoms with E-state index in [1.165, 1.54) is 12.1 Å². The Morgan fingerprint density at radius 2 is 1.64 bits per heavy atom. The van der Waals surface area contributed by atoms with E-state index in [1.807, 2.05) is 70.2 Å². The van der Waals surface area contributed by atoms with Crippen molar-refractivity contribution in [1.29, 1.82) is 0 Å². The normalized spacial score (nSPS) is 13.1. The molecule has 33 heavy (non-hydrogen) atoms. The number of fused-ring (bicyclic) bond motifs is 1. The van der Waals surface area contributed by atoms with Crippen molar-refractivity contribution < 1.29 is 22.7 Å². The second kappa shape index (κ2) is 9.86. The van der Waals surface area contributed by atoms with Gasteiger partial charge in [-0.3, -0.25) is 0 Å². The van der Waals surface area contributed by atoms with Crippen LogP contribution in [0.25, 0.3) is 10.8 Å². The van der Waals surface area contributed by atoms with Crippen molar-refractivity contribution in [2.45, 2.75) is 58.4 Å². The molecule has 1 atom stereocenters. The minimum atomic E-state index is -4.37. The fourth-order valence-electron chi connectivity index (χ4n) is 3.90. The second-order valence-electron chi connectivity index (χ2n) is 9.22. The summed E-state index contributed by atoms with van der Waals surface area (Å²) in [6, 6.07) is 19.0. The number of amides is 1. The maximum Gasteiger partial charge on any atom is 0.416 e. The number of ether oxygens (including phenoxy) is 1. The van der Waals surface area contributed by atoms with Crippen LogP contribution >= 0.6 is 0 Å². The van der Waals surface area contributed by atoms with E-state index in [-0.39, 0.29) is 6.04 Å². The first-order valence-electron chi connectivity index (χ1n) is 11.1. The molecule has 0 N–H and O–H groups in total. The third-order valence-corrected chi connectivity index (χ3v) is 5.49. The Bertz CT molecular complexity index is 1100. The topological polar surface area (TPSA) is 29.5 Å². The summed E-state index contributed by atoms with van der Waals surface area (Å²) in [6.07, 6.45) is -3.88. The molecule has 3 nitrogen and oxygen atoms in total. The average Bonchev–Trinajstić information content (AvgIpc) is 2.74. The molecule has 0 spiro atoms. The van der Waals surface area contributed by atoms with Crippen LogP contribution in [-0.4, -0.2) is 23.1 Å². The van der Waals surface area contributed by atoms with Crippen molar-refractivity contribution in [3.8, 4) is 0 Å². The standard InChI is InChI=1S/C27H30F3NO2/c1-19(23-16-8-13-21-12-5-6-15-24(21)23)31(25(32)33-26(2,3)4)17-9-11-20-10-7-14-22(18-20)27(28,29)30/h5-8,10,12-16,18-19H,9,11,17H2,1-4H3. The van der Waals surface area contributed by atoms with Crippen molar-refractivity contribution in [3.05, 3.63) is 83.4 Å². The molecule has 0 aliphatic heterocycles. The molecule has 0 aliphatic carbocycles. The van der Waals surface area contributed by atoms with E-state index in [0.717, 1.165) is 22.4 Å². The molecular formula is C27H30F3NO2. The van der Waals surface area contributed by atoms with E-state index >= 15 is 0 Å². The van der Waals surface area contributed by atoms with Gasteiger partial charge in [-0.2, -0.15) is 13.2 Å². The fraction of sp³-hybridized carbons (Fsp3) is 0.370. The lowest BCUT2D eigenvalue weighted by molar-refractivity contribution is -0.137. The maximum absolute atomic E-state index is 13.1. The summed E-state index contributed by atoms with van der Waals surface area (Å²) < 4.78 is 44.8. The Morgan fingerprint density at radius 1 is 0.970 bits per heavy atom. The van der Waals surface area contributed by atoms with Crippen molar-refractivity contribution >= 4 is 16.9 Å². The van der Waals surface area contributed by atoms with Gasteiger partial charge in [0.25, 0.3) is 0 Å². The van der Waals surface area contributed by atoms with Gasteiger partial charge in [0, 0.05) is 6.54 Å². The van der Waals surface area contributed by atoms with Crippen LogP contribution in [0.2, 0.25) is 0 Å². The third kappa shape index (κ3) is 6.50. The van der Waals surface area contributed by atoms with Crippen molar-refractivity contribution in [3.63, 3.8) is 0 Å². The summed E-state index contributed by atoms with van der Waals surface area (Å²) in [5.74, 6) is 0. The fourth-order valence-corrected chi connectivity index (χ4v) is 3.90. The van der Waals surface area contributed by atoms with Gasteiger partial charge in [0.1, 0.15) is 5.60 Å². The molecule has 0 aromatic heterocycles. The molecule has 6 heteroatoms. The van der Waals surface area contributed by atoms with Gasteiger partial charge in [-0.25, -0.2) is 4.79 Å². The zero-order valence-corrected chi connectivity index (χ0v) is 19.4. The first-order chi connectivity index (χ1) is 15.5. The SMILES string of the molecule is CC(c1cccc2ccccc12)N(CCCc1cccc(C(F)(F)F)c1)C(=O)OC(C)(C)C. The molecule has 3 rings (SSSR count). The Morgan fingerprint density at radius 3 is 2.33 bits per heavy atom. The molecule has 3 aromatic carbocycles. The lowest BCUT2D eigenvalue weighted by Gasteiger charge is -2.32. The molecule has 0 bridgehead atoms. The van der Waals surface area contributed by atoms with E-state index in [9.17, 15) is 18.0 Å². The van der Waals surface area contributed by atoms with Crippen molar-refractivity contribution in [2.24, 2.45) is 0 Å². The minimum absolute atomic E-state index is 0.271. The molecule has 0 radical (unpaired) electrons. The Balaban J connectivity index is 1.82. The Labute approximate surface area is 193 Å². The summed E-state index contributed by atoms with van der Waals surface area (Å²) in [4.78, 5) is 14.8. The predicted octanol–water partition coefficient (Wildman–Crippen LogP) is 7.79. The number of alkyl halides is 3. The van der Waals surface area contributed by atoms with Crippen LogP contribution in [0.5, 0.6) is 0 Å². The van der Waals surface area contributed by atoms with Crippen LogP contribution < -0.4 is 0 Å². The molecule has 1 amide bonds. The maximum atomic E-state index is 13.1. The quantitative estimate of drug-likeness (QED) is 0.378. The van der Waals surface area contributed by atoms with Gasteiger partial charge in [-0.15, -0.1) is 0 Å². The number of carbonyl (C=O) groups is 1. The smallest absolute Gasteiger partial charge is 0.416 e. The van der Waals surface area contributed by atoms with Crippen LogP contribution in [0.4, 0.5) is 18.0 Å². The van der Waals surface area contributed by atoms with Gasteiger partial charge in [-0.1, -0.05) is 60.7 Å². The molecule has 1 unspecified atom stereocenters. The van der Waals surface area contributed by atoms with Crippen LogP contribution in [0.15, 0.2) is 66.7 Å². The number of hydrogen-bond donors (Lipinski definition) is 0. The second-order valence-corrected chi connectivity index (χ2v) is 9.22. The van der Waals surface area contributed by atoms with Gasteiger partial charge in [0.2, 0.25) is 0 Å². The highest BCUT2D eigenvalue weighted by atomic mass is 19.4. The van der Waals surface area contributed by atoms with Crippen LogP contribution in [0.3, 0.4) is 0 Å². The van der Waals surface area contributed by atoms with Crippen molar-refractivity contribution in [2.75, 3.05) is 6.54 Å². The number of hydrogen-bond acceptors (Lipinski definition) is 2. The first-order valence-corrected chi connectivity index (χ1v) is 11.1. The largest absolute Gasteiger partial charge is 0.444 e.